The molecule has 0 N–H and O–H groups in total. The van der Waals surface area contributed by atoms with Crippen LogP contribution >= 0.6 is 15.9 Å². The lowest BCUT2D eigenvalue weighted by atomic mass is 10.3. The average Bonchev–Trinajstić information content (AvgIpc) is 2.17. The Morgan fingerprint density at radius 3 is 2.69 bits per heavy atom. The predicted octanol–water partition coefficient (Wildman–Crippen LogP) is 1.64. The molecule has 4 nitrogen and oxygen atoms in total. The van der Waals surface area contributed by atoms with E-state index in [4.69, 9.17) is 4.74 Å². The lowest BCUT2D eigenvalue weighted by Crippen LogP contribution is -2.06. The van der Waals surface area contributed by atoms with E-state index in [2.05, 4.69) is 25.7 Å². The van der Waals surface area contributed by atoms with Crippen molar-refractivity contribution >= 4 is 21.9 Å². The fourth-order valence-electron chi connectivity index (χ4n) is 0.778. The Morgan fingerprint density at radius 2 is 2.15 bits per heavy atom. The zero-order valence-electron chi connectivity index (χ0n) is 7.20. The number of pyridine rings is 1. The van der Waals surface area contributed by atoms with E-state index >= 15 is 0 Å². The molecule has 13 heavy (non-hydrogen) atoms. The zero-order valence-corrected chi connectivity index (χ0v) is 8.79. The van der Waals surface area contributed by atoms with Gasteiger partial charge in [-0.2, -0.15) is 0 Å². The van der Waals surface area contributed by atoms with Crippen LogP contribution in [0.2, 0.25) is 0 Å². The molecule has 0 saturated heterocycles. The maximum atomic E-state index is 11.1. The molecule has 1 aromatic rings. The van der Waals surface area contributed by atoms with Crippen molar-refractivity contribution in [3.63, 3.8) is 0 Å². The number of hydrogen-bond acceptors (Lipinski definition) is 4. The first-order chi connectivity index (χ1) is 6.19. The molecular weight excluding hydrogens is 238 g/mol. The van der Waals surface area contributed by atoms with Crippen LogP contribution in [0.5, 0.6) is 5.88 Å². The molecule has 70 valence electrons. The maximum Gasteiger partial charge on any atom is 0.357 e. The molecule has 0 radical (unpaired) electrons. The summed E-state index contributed by atoms with van der Waals surface area (Å²) in [5.74, 6) is -0.116. The van der Waals surface area contributed by atoms with Crippen molar-refractivity contribution < 1.29 is 14.3 Å². The second-order valence-corrected chi connectivity index (χ2v) is 3.03. The Labute approximate surface area is 84.0 Å². The van der Waals surface area contributed by atoms with Crippen LogP contribution in [0.1, 0.15) is 10.5 Å². The summed E-state index contributed by atoms with van der Waals surface area (Å²) in [5.41, 5.74) is 0.210. The van der Waals surface area contributed by atoms with E-state index in [1.165, 1.54) is 14.2 Å². The molecule has 0 saturated carbocycles. The van der Waals surface area contributed by atoms with Gasteiger partial charge in [-0.05, 0) is 22.0 Å². The Morgan fingerprint density at radius 1 is 1.46 bits per heavy atom. The van der Waals surface area contributed by atoms with Gasteiger partial charge in [0.05, 0.1) is 18.7 Å². The van der Waals surface area contributed by atoms with E-state index in [9.17, 15) is 4.79 Å². The van der Waals surface area contributed by atoms with Crippen LogP contribution in [0, 0.1) is 0 Å². The summed E-state index contributed by atoms with van der Waals surface area (Å²) in [6, 6.07) is 3.33. The lowest BCUT2D eigenvalue weighted by Gasteiger charge is -2.03. The quantitative estimate of drug-likeness (QED) is 0.744. The van der Waals surface area contributed by atoms with E-state index in [-0.39, 0.29) is 5.69 Å². The third-order valence-corrected chi connectivity index (χ3v) is 2.05. The van der Waals surface area contributed by atoms with Crippen LogP contribution < -0.4 is 4.74 Å². The van der Waals surface area contributed by atoms with E-state index < -0.39 is 5.97 Å². The summed E-state index contributed by atoms with van der Waals surface area (Å²) in [4.78, 5) is 15.1. The molecule has 0 aliphatic heterocycles. The fraction of sp³-hybridized carbons (Fsp3) is 0.250. The Hall–Kier alpha value is -1.10. The van der Waals surface area contributed by atoms with Crippen LogP contribution in [0.15, 0.2) is 16.6 Å². The van der Waals surface area contributed by atoms with Crippen molar-refractivity contribution in [1.29, 1.82) is 0 Å². The SMILES string of the molecule is COC(=O)c1nc(OC)ccc1Br. The van der Waals surface area contributed by atoms with Crippen LogP contribution in [0.3, 0.4) is 0 Å². The Bertz CT molecular complexity index is 327. The molecule has 0 bridgehead atoms. The molecular formula is C8H8BrNO3. The standard InChI is InChI=1S/C8H8BrNO3/c1-12-6-4-3-5(9)7(10-6)8(11)13-2/h3-4H,1-2H3. The average molecular weight is 246 g/mol. The molecule has 0 spiro atoms. The van der Waals surface area contributed by atoms with E-state index in [1.807, 2.05) is 0 Å². The Balaban J connectivity index is 3.11. The van der Waals surface area contributed by atoms with Crippen LogP contribution in [0.25, 0.3) is 0 Å². The molecule has 1 aromatic heterocycles. The van der Waals surface area contributed by atoms with E-state index in [0.717, 1.165) is 0 Å². The normalized spacial score (nSPS) is 9.46. The van der Waals surface area contributed by atoms with Crippen LogP contribution in [-0.4, -0.2) is 25.2 Å². The molecule has 0 atom stereocenters. The number of rotatable bonds is 2. The summed E-state index contributed by atoms with van der Waals surface area (Å²) in [7, 11) is 2.78. The minimum atomic E-state index is -0.495. The van der Waals surface area contributed by atoms with Gasteiger partial charge < -0.3 is 9.47 Å². The topological polar surface area (TPSA) is 48.4 Å². The van der Waals surface area contributed by atoms with Crippen molar-refractivity contribution in [2.75, 3.05) is 14.2 Å². The van der Waals surface area contributed by atoms with Gasteiger partial charge in [-0.3, -0.25) is 0 Å². The smallest absolute Gasteiger partial charge is 0.357 e. The number of carbonyl (C=O) groups excluding carboxylic acids is 1. The van der Waals surface area contributed by atoms with Gasteiger partial charge >= 0.3 is 5.97 Å². The third kappa shape index (κ3) is 2.18. The Kier molecular flexibility index (Phi) is 3.25. The van der Waals surface area contributed by atoms with Crippen LogP contribution in [0.4, 0.5) is 0 Å². The van der Waals surface area contributed by atoms with Crippen molar-refractivity contribution in [2.45, 2.75) is 0 Å². The molecule has 0 aliphatic carbocycles. The lowest BCUT2D eigenvalue weighted by molar-refractivity contribution is 0.0592. The minimum absolute atomic E-state index is 0.210. The van der Waals surface area contributed by atoms with Gasteiger partial charge in [-0.25, -0.2) is 9.78 Å². The highest BCUT2D eigenvalue weighted by atomic mass is 79.9. The molecule has 5 heteroatoms. The first-order valence-electron chi connectivity index (χ1n) is 3.48. The van der Waals surface area contributed by atoms with Gasteiger partial charge in [0, 0.05) is 6.07 Å². The zero-order chi connectivity index (χ0) is 9.84. The highest BCUT2D eigenvalue weighted by Crippen LogP contribution is 2.18. The highest BCUT2D eigenvalue weighted by molar-refractivity contribution is 9.10. The molecule has 0 amide bonds. The third-order valence-electron chi connectivity index (χ3n) is 1.41. The minimum Gasteiger partial charge on any atom is -0.481 e. The van der Waals surface area contributed by atoms with Gasteiger partial charge in [0.1, 0.15) is 0 Å². The molecule has 0 unspecified atom stereocenters. The van der Waals surface area contributed by atoms with E-state index in [1.54, 1.807) is 12.1 Å². The summed E-state index contributed by atoms with van der Waals surface area (Å²) in [5, 5.41) is 0. The number of halogens is 1. The van der Waals surface area contributed by atoms with Crippen molar-refractivity contribution in [2.24, 2.45) is 0 Å². The number of ether oxygens (including phenoxy) is 2. The molecule has 0 aromatic carbocycles. The number of aromatic nitrogens is 1. The second-order valence-electron chi connectivity index (χ2n) is 2.18. The van der Waals surface area contributed by atoms with E-state index in [0.29, 0.717) is 10.4 Å². The number of hydrogen-bond donors (Lipinski definition) is 0. The van der Waals surface area contributed by atoms with Gasteiger partial charge in [-0.1, -0.05) is 0 Å². The highest BCUT2D eigenvalue weighted by Gasteiger charge is 2.12. The van der Waals surface area contributed by atoms with Gasteiger partial charge in [0.25, 0.3) is 0 Å². The fourth-order valence-corrected chi connectivity index (χ4v) is 1.16. The number of nitrogens with zero attached hydrogens (tertiary/aromatic N) is 1. The molecule has 0 fully saturated rings. The first-order valence-corrected chi connectivity index (χ1v) is 4.27. The van der Waals surface area contributed by atoms with Gasteiger partial charge in [0.15, 0.2) is 5.69 Å². The van der Waals surface area contributed by atoms with Crippen LogP contribution in [-0.2, 0) is 4.74 Å². The predicted molar refractivity (Wildman–Crippen MR) is 49.8 cm³/mol. The summed E-state index contributed by atoms with van der Waals surface area (Å²) >= 11 is 3.18. The summed E-state index contributed by atoms with van der Waals surface area (Å²) in [6.07, 6.45) is 0. The largest absolute Gasteiger partial charge is 0.481 e. The van der Waals surface area contributed by atoms with Crippen molar-refractivity contribution in [3.05, 3.63) is 22.3 Å². The van der Waals surface area contributed by atoms with Crippen molar-refractivity contribution in [1.82, 2.24) is 4.98 Å². The maximum absolute atomic E-state index is 11.1. The van der Waals surface area contributed by atoms with Gasteiger partial charge in [-0.15, -0.1) is 0 Å². The number of esters is 1. The summed E-state index contributed by atoms with van der Waals surface area (Å²) < 4.78 is 9.98. The summed E-state index contributed by atoms with van der Waals surface area (Å²) in [6.45, 7) is 0. The monoisotopic (exact) mass is 245 g/mol. The van der Waals surface area contributed by atoms with Gasteiger partial charge in [0.2, 0.25) is 5.88 Å². The molecule has 0 aliphatic rings. The molecule has 1 rings (SSSR count). The van der Waals surface area contributed by atoms with Crippen molar-refractivity contribution in [3.8, 4) is 5.88 Å². The number of carbonyl (C=O) groups is 1. The number of methoxy groups -OCH3 is 2. The molecule has 1 heterocycles. The second kappa shape index (κ2) is 4.23. The first kappa shape index (κ1) is 9.98.